The van der Waals surface area contributed by atoms with Gasteiger partial charge in [0.1, 0.15) is 0 Å². The molecule has 0 aliphatic heterocycles. The number of nitrogens with zero attached hydrogens (tertiary/aromatic N) is 1. The van der Waals surface area contributed by atoms with Crippen LogP contribution in [0.4, 0.5) is 5.69 Å². The van der Waals surface area contributed by atoms with Crippen LogP contribution in [0.25, 0.3) is 0 Å². The Labute approximate surface area is 118 Å². The Kier molecular flexibility index (Phi) is 4.87. The highest BCUT2D eigenvalue weighted by molar-refractivity contribution is 5.47. The summed E-state index contributed by atoms with van der Waals surface area (Å²) < 4.78 is 0. The molecule has 2 rings (SSSR count). The second kappa shape index (κ2) is 6.42. The minimum Gasteiger partial charge on any atom is -0.374 e. The zero-order valence-electron chi connectivity index (χ0n) is 12.6. The van der Waals surface area contributed by atoms with Crippen LogP contribution in [0.3, 0.4) is 0 Å². The lowest BCUT2D eigenvalue weighted by atomic mass is 9.79. The summed E-state index contributed by atoms with van der Waals surface area (Å²) in [6, 6.07) is 9.31. The maximum Gasteiger partial charge on any atom is 0.0363 e. The van der Waals surface area contributed by atoms with Crippen molar-refractivity contribution >= 4 is 5.69 Å². The first-order chi connectivity index (χ1) is 9.10. The highest BCUT2D eigenvalue weighted by Crippen LogP contribution is 2.29. The van der Waals surface area contributed by atoms with Crippen LogP contribution in [0.15, 0.2) is 24.3 Å². The molecule has 0 spiro atoms. The highest BCUT2D eigenvalue weighted by atomic mass is 15.1. The van der Waals surface area contributed by atoms with E-state index in [4.69, 9.17) is 5.73 Å². The van der Waals surface area contributed by atoms with Crippen molar-refractivity contribution in [2.45, 2.75) is 45.6 Å². The quantitative estimate of drug-likeness (QED) is 0.898. The molecule has 1 aromatic carbocycles. The lowest BCUT2D eigenvalue weighted by molar-refractivity contribution is 0.250. The molecule has 0 amide bonds. The number of hydrogen-bond donors (Lipinski definition) is 1. The molecule has 0 bridgehead atoms. The fourth-order valence-corrected chi connectivity index (χ4v) is 3.18. The van der Waals surface area contributed by atoms with Crippen LogP contribution < -0.4 is 10.6 Å². The molecule has 1 saturated carbocycles. The van der Waals surface area contributed by atoms with Gasteiger partial charge in [0.05, 0.1) is 0 Å². The van der Waals surface area contributed by atoms with Crippen molar-refractivity contribution in [3.8, 4) is 0 Å². The molecule has 3 unspecified atom stereocenters. The Bertz CT molecular complexity index is 385. The van der Waals surface area contributed by atoms with Crippen molar-refractivity contribution < 1.29 is 0 Å². The van der Waals surface area contributed by atoms with Crippen LogP contribution in [0.2, 0.25) is 0 Å². The first-order valence-corrected chi connectivity index (χ1v) is 7.65. The smallest absolute Gasteiger partial charge is 0.0363 e. The van der Waals surface area contributed by atoms with Gasteiger partial charge in [0.25, 0.3) is 0 Å². The van der Waals surface area contributed by atoms with E-state index in [0.29, 0.717) is 12.0 Å². The monoisotopic (exact) mass is 260 g/mol. The molecular formula is C17H28N2. The van der Waals surface area contributed by atoms with Crippen molar-refractivity contribution in [2.75, 3.05) is 18.5 Å². The Morgan fingerprint density at radius 3 is 2.53 bits per heavy atom. The SMILES string of the molecule is CCc1ccc(N(C)CC2CC(C)CCC2N)cc1. The van der Waals surface area contributed by atoms with Crippen LogP contribution in [0, 0.1) is 11.8 Å². The summed E-state index contributed by atoms with van der Waals surface area (Å²) in [7, 11) is 2.19. The summed E-state index contributed by atoms with van der Waals surface area (Å²) in [5.74, 6) is 1.47. The van der Waals surface area contributed by atoms with Gasteiger partial charge in [0.2, 0.25) is 0 Å². The predicted molar refractivity (Wildman–Crippen MR) is 83.6 cm³/mol. The maximum absolute atomic E-state index is 6.29. The van der Waals surface area contributed by atoms with E-state index >= 15 is 0 Å². The molecule has 3 atom stereocenters. The number of hydrogen-bond acceptors (Lipinski definition) is 2. The van der Waals surface area contributed by atoms with Crippen molar-refractivity contribution in [1.82, 2.24) is 0 Å². The van der Waals surface area contributed by atoms with Gasteiger partial charge in [-0.25, -0.2) is 0 Å². The zero-order valence-corrected chi connectivity index (χ0v) is 12.6. The van der Waals surface area contributed by atoms with E-state index < -0.39 is 0 Å². The molecular weight excluding hydrogens is 232 g/mol. The topological polar surface area (TPSA) is 29.3 Å². The minimum absolute atomic E-state index is 0.383. The Morgan fingerprint density at radius 1 is 1.21 bits per heavy atom. The van der Waals surface area contributed by atoms with Crippen molar-refractivity contribution in [1.29, 1.82) is 0 Å². The average Bonchev–Trinajstić information content (AvgIpc) is 2.43. The van der Waals surface area contributed by atoms with Crippen LogP contribution >= 0.6 is 0 Å². The normalized spacial score (nSPS) is 27.3. The van der Waals surface area contributed by atoms with Gasteiger partial charge in [-0.15, -0.1) is 0 Å². The van der Waals surface area contributed by atoms with Gasteiger partial charge in [-0.3, -0.25) is 0 Å². The molecule has 0 heterocycles. The fraction of sp³-hybridized carbons (Fsp3) is 0.647. The summed E-state index contributed by atoms with van der Waals surface area (Å²) in [5.41, 5.74) is 9.00. The number of nitrogens with two attached hydrogens (primary N) is 1. The van der Waals surface area contributed by atoms with Gasteiger partial charge in [-0.1, -0.05) is 26.0 Å². The molecule has 2 nitrogen and oxygen atoms in total. The van der Waals surface area contributed by atoms with E-state index in [2.05, 4.69) is 50.1 Å². The maximum atomic E-state index is 6.29. The molecule has 19 heavy (non-hydrogen) atoms. The van der Waals surface area contributed by atoms with Crippen LogP contribution in [-0.2, 0) is 6.42 Å². The minimum atomic E-state index is 0.383. The summed E-state index contributed by atoms with van der Waals surface area (Å²) in [6.07, 6.45) is 4.87. The van der Waals surface area contributed by atoms with Gasteiger partial charge in [-0.2, -0.15) is 0 Å². The van der Waals surface area contributed by atoms with Crippen molar-refractivity contribution in [2.24, 2.45) is 17.6 Å². The molecule has 106 valence electrons. The molecule has 2 N–H and O–H groups in total. The molecule has 1 fully saturated rings. The van der Waals surface area contributed by atoms with E-state index in [-0.39, 0.29) is 0 Å². The van der Waals surface area contributed by atoms with Gasteiger partial charge < -0.3 is 10.6 Å². The van der Waals surface area contributed by atoms with Gasteiger partial charge >= 0.3 is 0 Å². The van der Waals surface area contributed by atoms with E-state index in [0.717, 1.165) is 18.9 Å². The fourth-order valence-electron chi connectivity index (χ4n) is 3.18. The van der Waals surface area contributed by atoms with Gasteiger partial charge in [0, 0.05) is 25.3 Å². The summed E-state index contributed by atoms with van der Waals surface area (Å²) >= 11 is 0. The molecule has 0 radical (unpaired) electrons. The summed E-state index contributed by atoms with van der Waals surface area (Å²) in [4.78, 5) is 2.36. The standard InChI is InChI=1S/C17H28N2/c1-4-14-6-8-16(9-7-14)19(3)12-15-11-13(2)5-10-17(15)18/h6-9,13,15,17H,4-5,10-12,18H2,1-3H3. The van der Waals surface area contributed by atoms with Crippen LogP contribution in [0.1, 0.15) is 38.7 Å². The molecule has 1 aliphatic rings. The summed E-state index contributed by atoms with van der Waals surface area (Å²) in [6.45, 7) is 5.63. The Hall–Kier alpha value is -1.02. The first kappa shape index (κ1) is 14.4. The third-order valence-electron chi connectivity index (χ3n) is 4.60. The third-order valence-corrected chi connectivity index (χ3v) is 4.60. The van der Waals surface area contributed by atoms with Crippen LogP contribution in [-0.4, -0.2) is 19.6 Å². The van der Waals surface area contributed by atoms with Crippen molar-refractivity contribution in [3.05, 3.63) is 29.8 Å². The number of benzene rings is 1. The Balaban J connectivity index is 1.97. The zero-order chi connectivity index (χ0) is 13.8. The van der Waals surface area contributed by atoms with E-state index in [1.165, 1.54) is 30.5 Å². The number of aryl methyl sites for hydroxylation is 1. The number of anilines is 1. The van der Waals surface area contributed by atoms with Crippen LogP contribution in [0.5, 0.6) is 0 Å². The first-order valence-electron chi connectivity index (χ1n) is 7.65. The number of rotatable bonds is 4. The van der Waals surface area contributed by atoms with E-state index in [9.17, 15) is 0 Å². The average molecular weight is 260 g/mol. The molecule has 1 aliphatic carbocycles. The van der Waals surface area contributed by atoms with E-state index in [1.54, 1.807) is 0 Å². The summed E-state index contributed by atoms with van der Waals surface area (Å²) in [5, 5.41) is 0. The van der Waals surface area contributed by atoms with Crippen molar-refractivity contribution in [3.63, 3.8) is 0 Å². The molecule has 0 saturated heterocycles. The van der Waals surface area contributed by atoms with E-state index in [1.807, 2.05) is 0 Å². The molecule has 2 heteroatoms. The van der Waals surface area contributed by atoms with Gasteiger partial charge in [0.15, 0.2) is 0 Å². The second-order valence-electron chi connectivity index (χ2n) is 6.24. The molecule has 1 aromatic rings. The Morgan fingerprint density at radius 2 is 1.89 bits per heavy atom. The largest absolute Gasteiger partial charge is 0.374 e. The predicted octanol–water partition coefficient (Wildman–Crippen LogP) is 3.45. The second-order valence-corrected chi connectivity index (χ2v) is 6.24. The van der Waals surface area contributed by atoms with Gasteiger partial charge in [-0.05, 0) is 55.2 Å². The lowest BCUT2D eigenvalue weighted by Gasteiger charge is -2.35. The third kappa shape index (κ3) is 3.73. The lowest BCUT2D eigenvalue weighted by Crippen LogP contribution is -2.41. The molecule has 0 aromatic heterocycles. The highest BCUT2D eigenvalue weighted by Gasteiger charge is 2.26.